The smallest absolute Gasteiger partial charge is 0.256 e. The first kappa shape index (κ1) is 15.6. The average molecular weight is 310 g/mol. The number of anilines is 1. The van der Waals surface area contributed by atoms with Crippen molar-refractivity contribution in [3.63, 3.8) is 0 Å². The molecule has 0 spiro atoms. The van der Waals surface area contributed by atoms with Crippen molar-refractivity contribution in [1.29, 1.82) is 0 Å². The molecular formula is C19H22N2O2. The van der Waals surface area contributed by atoms with Crippen LogP contribution in [0.3, 0.4) is 0 Å². The molecule has 1 unspecified atom stereocenters. The van der Waals surface area contributed by atoms with E-state index in [4.69, 9.17) is 4.74 Å². The molecule has 1 aliphatic heterocycles. The van der Waals surface area contributed by atoms with Crippen molar-refractivity contribution in [3.05, 3.63) is 59.7 Å². The van der Waals surface area contributed by atoms with Gasteiger partial charge in [-0.1, -0.05) is 31.2 Å². The predicted octanol–water partition coefficient (Wildman–Crippen LogP) is 3.59. The maximum Gasteiger partial charge on any atom is 0.256 e. The van der Waals surface area contributed by atoms with E-state index in [1.807, 2.05) is 48.5 Å². The second kappa shape index (κ2) is 7.29. The van der Waals surface area contributed by atoms with Gasteiger partial charge in [-0.3, -0.25) is 10.1 Å². The second-order valence-electron chi connectivity index (χ2n) is 5.70. The summed E-state index contributed by atoms with van der Waals surface area (Å²) in [4.78, 5) is 12.6. The van der Waals surface area contributed by atoms with Gasteiger partial charge in [0, 0.05) is 23.2 Å². The summed E-state index contributed by atoms with van der Waals surface area (Å²) in [5, 5.41) is 6.32. The van der Waals surface area contributed by atoms with Crippen LogP contribution in [0, 0.1) is 0 Å². The maximum atomic E-state index is 12.6. The third-order valence-electron chi connectivity index (χ3n) is 3.96. The molecule has 4 nitrogen and oxygen atoms in total. The highest BCUT2D eigenvalue weighted by Crippen LogP contribution is 2.30. The highest BCUT2D eigenvalue weighted by atomic mass is 16.5. The number of rotatable bonds is 5. The van der Waals surface area contributed by atoms with Crippen LogP contribution in [0.4, 0.5) is 5.69 Å². The number of nitrogens with one attached hydrogen (secondary N) is 2. The minimum Gasteiger partial charge on any atom is -0.475 e. The Morgan fingerprint density at radius 1 is 1.17 bits per heavy atom. The molecule has 0 fully saturated rings. The molecule has 2 N–H and O–H groups in total. The van der Waals surface area contributed by atoms with Crippen molar-refractivity contribution in [2.45, 2.75) is 32.4 Å². The number of para-hydroxylation sites is 1. The minimum absolute atomic E-state index is 0.0369. The van der Waals surface area contributed by atoms with E-state index < -0.39 is 0 Å². The first-order valence-corrected chi connectivity index (χ1v) is 8.16. The quantitative estimate of drug-likeness (QED) is 0.887. The Labute approximate surface area is 136 Å². The maximum absolute atomic E-state index is 12.6. The summed E-state index contributed by atoms with van der Waals surface area (Å²) in [6, 6.07) is 15.2. The minimum atomic E-state index is -0.0865. The van der Waals surface area contributed by atoms with Crippen molar-refractivity contribution in [2.24, 2.45) is 0 Å². The summed E-state index contributed by atoms with van der Waals surface area (Å²) in [6.45, 7) is 3.07. The summed E-state index contributed by atoms with van der Waals surface area (Å²) in [5.74, 6) is 0.724. The van der Waals surface area contributed by atoms with Crippen molar-refractivity contribution in [3.8, 4) is 5.75 Å². The van der Waals surface area contributed by atoms with E-state index in [9.17, 15) is 4.79 Å². The molecule has 2 aromatic rings. The zero-order valence-corrected chi connectivity index (χ0v) is 13.3. The SMILES string of the molecule is CCCNC1CCc2c(cccc2C(=O)Nc2ccccc2)O1. The number of ether oxygens (including phenoxy) is 1. The molecule has 0 radical (unpaired) electrons. The Morgan fingerprint density at radius 3 is 2.78 bits per heavy atom. The lowest BCUT2D eigenvalue weighted by Crippen LogP contribution is -2.38. The van der Waals surface area contributed by atoms with Gasteiger partial charge < -0.3 is 10.1 Å². The van der Waals surface area contributed by atoms with E-state index in [1.54, 1.807) is 0 Å². The van der Waals surface area contributed by atoms with Gasteiger partial charge in [-0.25, -0.2) is 0 Å². The standard InChI is InChI=1S/C19H22N2O2/c1-2-13-20-18-12-11-15-16(9-6-10-17(15)23-18)19(22)21-14-7-4-3-5-8-14/h3-10,18,20H,2,11-13H2,1H3,(H,21,22). The molecule has 0 aromatic heterocycles. The molecule has 0 saturated heterocycles. The Bertz CT molecular complexity index is 670. The second-order valence-corrected chi connectivity index (χ2v) is 5.70. The van der Waals surface area contributed by atoms with Gasteiger partial charge in [0.15, 0.2) is 6.23 Å². The number of carbonyl (C=O) groups is 1. The largest absolute Gasteiger partial charge is 0.475 e. The first-order valence-electron chi connectivity index (χ1n) is 8.16. The molecule has 1 heterocycles. The number of carbonyl (C=O) groups excluding carboxylic acids is 1. The van der Waals surface area contributed by atoms with Crippen LogP contribution in [0.1, 0.15) is 35.7 Å². The third kappa shape index (κ3) is 3.71. The van der Waals surface area contributed by atoms with Crippen LogP contribution in [0.15, 0.2) is 48.5 Å². The molecule has 0 aliphatic carbocycles. The van der Waals surface area contributed by atoms with Gasteiger partial charge in [-0.05, 0) is 43.7 Å². The van der Waals surface area contributed by atoms with Crippen LogP contribution in [0.25, 0.3) is 0 Å². The number of benzene rings is 2. The van der Waals surface area contributed by atoms with Crippen LogP contribution < -0.4 is 15.4 Å². The highest BCUT2D eigenvalue weighted by molar-refractivity contribution is 6.05. The van der Waals surface area contributed by atoms with Crippen LogP contribution in [0.2, 0.25) is 0 Å². The molecular weight excluding hydrogens is 288 g/mol. The van der Waals surface area contributed by atoms with Gasteiger partial charge in [-0.2, -0.15) is 0 Å². The van der Waals surface area contributed by atoms with Gasteiger partial charge in [0.1, 0.15) is 5.75 Å². The molecule has 1 amide bonds. The lowest BCUT2D eigenvalue weighted by molar-refractivity contribution is 0.101. The van der Waals surface area contributed by atoms with E-state index in [0.717, 1.165) is 42.8 Å². The number of amides is 1. The highest BCUT2D eigenvalue weighted by Gasteiger charge is 2.23. The Hall–Kier alpha value is -2.33. The molecule has 3 rings (SSSR count). The van der Waals surface area contributed by atoms with E-state index in [2.05, 4.69) is 17.6 Å². The Balaban J connectivity index is 1.76. The van der Waals surface area contributed by atoms with Gasteiger partial charge >= 0.3 is 0 Å². The third-order valence-corrected chi connectivity index (χ3v) is 3.96. The molecule has 2 aromatic carbocycles. The van der Waals surface area contributed by atoms with Crippen molar-refractivity contribution >= 4 is 11.6 Å². The monoisotopic (exact) mass is 310 g/mol. The van der Waals surface area contributed by atoms with E-state index in [-0.39, 0.29) is 12.1 Å². The predicted molar refractivity (Wildman–Crippen MR) is 91.9 cm³/mol. The lowest BCUT2D eigenvalue weighted by Gasteiger charge is -2.28. The summed E-state index contributed by atoms with van der Waals surface area (Å²) >= 11 is 0. The van der Waals surface area contributed by atoms with Crippen LogP contribution in [-0.4, -0.2) is 18.7 Å². The first-order chi connectivity index (χ1) is 11.3. The zero-order valence-electron chi connectivity index (χ0n) is 13.3. The molecule has 0 bridgehead atoms. The van der Waals surface area contributed by atoms with Crippen LogP contribution in [-0.2, 0) is 6.42 Å². The molecule has 23 heavy (non-hydrogen) atoms. The Morgan fingerprint density at radius 2 is 2.00 bits per heavy atom. The van der Waals surface area contributed by atoms with E-state index >= 15 is 0 Å². The lowest BCUT2D eigenvalue weighted by atomic mass is 9.98. The fraction of sp³-hybridized carbons (Fsp3) is 0.316. The van der Waals surface area contributed by atoms with Gasteiger partial charge in [-0.15, -0.1) is 0 Å². The van der Waals surface area contributed by atoms with Gasteiger partial charge in [0.2, 0.25) is 0 Å². The van der Waals surface area contributed by atoms with Crippen molar-refractivity contribution in [2.75, 3.05) is 11.9 Å². The molecule has 4 heteroatoms. The number of fused-ring (bicyclic) bond motifs is 1. The topological polar surface area (TPSA) is 50.4 Å². The van der Waals surface area contributed by atoms with Crippen molar-refractivity contribution < 1.29 is 9.53 Å². The van der Waals surface area contributed by atoms with Gasteiger partial charge in [0.25, 0.3) is 5.91 Å². The molecule has 0 saturated carbocycles. The van der Waals surface area contributed by atoms with Crippen molar-refractivity contribution in [1.82, 2.24) is 5.32 Å². The van der Waals surface area contributed by atoms with E-state index in [0.29, 0.717) is 5.56 Å². The Kier molecular flexibility index (Phi) is 4.93. The summed E-state index contributed by atoms with van der Waals surface area (Å²) < 4.78 is 5.98. The summed E-state index contributed by atoms with van der Waals surface area (Å²) in [7, 11) is 0. The molecule has 1 atom stereocenters. The van der Waals surface area contributed by atoms with Crippen LogP contribution >= 0.6 is 0 Å². The van der Waals surface area contributed by atoms with Gasteiger partial charge in [0.05, 0.1) is 0 Å². The van der Waals surface area contributed by atoms with E-state index in [1.165, 1.54) is 0 Å². The normalized spacial score (nSPS) is 16.3. The molecule has 1 aliphatic rings. The summed E-state index contributed by atoms with van der Waals surface area (Å²) in [6.07, 6.45) is 2.83. The zero-order chi connectivity index (χ0) is 16.1. The fourth-order valence-electron chi connectivity index (χ4n) is 2.80. The fourth-order valence-corrected chi connectivity index (χ4v) is 2.80. The number of hydrogen-bond donors (Lipinski definition) is 2. The van der Waals surface area contributed by atoms with Crippen LogP contribution in [0.5, 0.6) is 5.75 Å². The summed E-state index contributed by atoms with van der Waals surface area (Å²) in [5.41, 5.74) is 2.49. The average Bonchev–Trinajstić information content (AvgIpc) is 2.60. The molecule has 120 valence electrons. The number of hydrogen-bond acceptors (Lipinski definition) is 3.